The van der Waals surface area contributed by atoms with Crippen LogP contribution in [0.5, 0.6) is 0 Å². The maximum atomic E-state index is 11.8. The fraction of sp³-hybridized carbons (Fsp3) is 0.429. The number of hydrogen-bond acceptors (Lipinski definition) is 7. The van der Waals surface area contributed by atoms with Gasteiger partial charge in [0.2, 0.25) is 0 Å². The van der Waals surface area contributed by atoms with Crippen molar-refractivity contribution >= 4 is 11.8 Å². The summed E-state index contributed by atoms with van der Waals surface area (Å²) in [5.41, 5.74) is 0.345. The van der Waals surface area contributed by atoms with Crippen molar-refractivity contribution in [3.05, 3.63) is 35.9 Å². The molecule has 1 aliphatic heterocycles. The number of aliphatic hydroxyl groups is 2. The van der Waals surface area contributed by atoms with Crippen LogP contribution in [0, 0.1) is 0 Å². The van der Waals surface area contributed by atoms with Crippen molar-refractivity contribution in [1.29, 1.82) is 0 Å². The van der Waals surface area contributed by atoms with Gasteiger partial charge >= 0.3 is 5.97 Å². The Labute approximate surface area is 121 Å². The van der Waals surface area contributed by atoms with Crippen LogP contribution in [0.1, 0.15) is 10.4 Å². The van der Waals surface area contributed by atoms with Gasteiger partial charge < -0.3 is 24.4 Å². The molecule has 1 saturated heterocycles. The number of benzene rings is 1. The van der Waals surface area contributed by atoms with Crippen molar-refractivity contribution in [3.63, 3.8) is 0 Å². The fourth-order valence-corrected chi connectivity index (χ4v) is 1.94. The zero-order chi connectivity index (χ0) is 15.4. The summed E-state index contributed by atoms with van der Waals surface area (Å²) in [6, 6.07) is 8.28. The Bertz CT molecular complexity index is 501. The van der Waals surface area contributed by atoms with Crippen LogP contribution in [0.4, 0.5) is 0 Å². The van der Waals surface area contributed by atoms with Gasteiger partial charge in [-0.1, -0.05) is 18.2 Å². The van der Waals surface area contributed by atoms with E-state index in [0.717, 1.165) is 0 Å². The van der Waals surface area contributed by atoms with E-state index in [1.165, 1.54) is 7.11 Å². The first kappa shape index (κ1) is 15.6. The van der Waals surface area contributed by atoms with E-state index in [1.807, 2.05) is 0 Å². The normalized spacial score (nSPS) is 29.2. The molecule has 2 rings (SSSR count). The number of hydrogen-bond donors (Lipinski definition) is 2. The predicted molar refractivity (Wildman–Crippen MR) is 69.4 cm³/mol. The zero-order valence-electron chi connectivity index (χ0n) is 11.3. The Morgan fingerprint density at radius 3 is 2.52 bits per heavy atom. The minimum Gasteiger partial charge on any atom is -0.459 e. The molecule has 2 N–H and O–H groups in total. The van der Waals surface area contributed by atoms with E-state index in [2.05, 4.69) is 0 Å². The van der Waals surface area contributed by atoms with Gasteiger partial charge in [0.1, 0.15) is 18.8 Å². The maximum Gasteiger partial charge on any atom is 0.338 e. The second-order valence-electron chi connectivity index (χ2n) is 4.54. The summed E-state index contributed by atoms with van der Waals surface area (Å²) < 4.78 is 15.0. The first-order valence-electron chi connectivity index (χ1n) is 6.35. The second kappa shape index (κ2) is 6.77. The van der Waals surface area contributed by atoms with Gasteiger partial charge in [-0.25, -0.2) is 4.79 Å². The molecule has 0 amide bonds. The maximum absolute atomic E-state index is 11.8. The van der Waals surface area contributed by atoms with Gasteiger partial charge in [-0.2, -0.15) is 0 Å². The van der Waals surface area contributed by atoms with E-state index in [-0.39, 0.29) is 6.61 Å². The van der Waals surface area contributed by atoms with Gasteiger partial charge in [0.25, 0.3) is 0 Å². The number of esters is 1. The van der Waals surface area contributed by atoms with E-state index >= 15 is 0 Å². The Kier molecular flexibility index (Phi) is 5.03. The van der Waals surface area contributed by atoms with E-state index in [0.29, 0.717) is 5.56 Å². The van der Waals surface area contributed by atoms with Crippen LogP contribution in [-0.2, 0) is 19.0 Å². The van der Waals surface area contributed by atoms with Crippen LogP contribution in [0.25, 0.3) is 0 Å². The first-order chi connectivity index (χ1) is 10.0. The van der Waals surface area contributed by atoms with Crippen LogP contribution < -0.4 is 0 Å². The van der Waals surface area contributed by atoms with Crippen molar-refractivity contribution in [2.24, 2.45) is 0 Å². The minimum absolute atomic E-state index is 0.326. The molecular weight excluding hydrogens is 280 g/mol. The molecule has 1 aromatic rings. The van der Waals surface area contributed by atoms with E-state index in [9.17, 15) is 19.8 Å². The molecule has 1 fully saturated rings. The molecule has 0 aliphatic carbocycles. The van der Waals surface area contributed by atoms with Crippen molar-refractivity contribution in [3.8, 4) is 0 Å². The number of Topliss-reactive ketones (excluding diaryl/α,β-unsaturated/α-hetero) is 1. The number of rotatable bonds is 4. The van der Waals surface area contributed by atoms with Crippen LogP contribution in [0.3, 0.4) is 0 Å². The minimum atomic E-state index is -1.57. The van der Waals surface area contributed by atoms with Gasteiger partial charge in [-0.15, -0.1) is 0 Å². The lowest BCUT2D eigenvalue weighted by Crippen LogP contribution is -2.56. The topological polar surface area (TPSA) is 102 Å². The molecule has 1 unspecified atom stereocenters. The Morgan fingerprint density at radius 2 is 1.90 bits per heavy atom. The van der Waals surface area contributed by atoms with Gasteiger partial charge in [0.05, 0.1) is 5.56 Å². The van der Waals surface area contributed by atoms with Gasteiger partial charge in [-0.05, 0) is 12.1 Å². The van der Waals surface area contributed by atoms with Crippen molar-refractivity contribution < 1.29 is 34.0 Å². The van der Waals surface area contributed by atoms with Crippen LogP contribution in [0.2, 0.25) is 0 Å². The smallest absolute Gasteiger partial charge is 0.338 e. The first-order valence-corrected chi connectivity index (χ1v) is 6.35. The number of aliphatic hydroxyl groups excluding tert-OH is 2. The summed E-state index contributed by atoms with van der Waals surface area (Å²) in [5, 5.41) is 19.2. The predicted octanol–water partition coefficient (Wildman–Crippen LogP) is -0.494. The van der Waals surface area contributed by atoms with Crippen LogP contribution in [0.15, 0.2) is 30.3 Å². The molecule has 7 nitrogen and oxygen atoms in total. The van der Waals surface area contributed by atoms with Crippen molar-refractivity contribution in [2.75, 3.05) is 13.7 Å². The summed E-state index contributed by atoms with van der Waals surface area (Å²) in [7, 11) is 1.26. The van der Waals surface area contributed by atoms with Crippen molar-refractivity contribution in [2.45, 2.75) is 24.6 Å². The van der Waals surface area contributed by atoms with Crippen LogP contribution >= 0.6 is 0 Å². The van der Waals surface area contributed by atoms with Gasteiger partial charge in [0.15, 0.2) is 18.2 Å². The lowest BCUT2D eigenvalue weighted by Gasteiger charge is -2.34. The molecular formula is C14H16O7. The Hall–Kier alpha value is -1.80. The largest absolute Gasteiger partial charge is 0.459 e. The van der Waals surface area contributed by atoms with Gasteiger partial charge in [-0.3, -0.25) is 4.79 Å². The molecule has 7 heteroatoms. The summed E-state index contributed by atoms with van der Waals surface area (Å²) in [6.45, 7) is -0.326. The number of carbonyl (C=O) groups is 2. The molecule has 4 atom stereocenters. The standard InChI is InChI=1S/C14H16O7/c1-19-14-12(17)11(16)10(15)9(21-14)7-20-13(18)8-5-3-2-4-6-8/h2-6,9-10,12,14-15,17H,7H2,1H3/t9?,10-,12+,14+/m1/s1. The Morgan fingerprint density at radius 1 is 1.24 bits per heavy atom. The fourth-order valence-electron chi connectivity index (χ4n) is 1.94. The molecule has 114 valence electrons. The average Bonchev–Trinajstić information content (AvgIpc) is 2.52. The van der Waals surface area contributed by atoms with E-state index in [1.54, 1.807) is 30.3 Å². The second-order valence-corrected chi connectivity index (χ2v) is 4.54. The highest BCUT2D eigenvalue weighted by Gasteiger charge is 2.44. The third kappa shape index (κ3) is 3.45. The van der Waals surface area contributed by atoms with E-state index < -0.39 is 36.4 Å². The number of carbonyl (C=O) groups excluding carboxylic acids is 2. The summed E-state index contributed by atoms with van der Waals surface area (Å²) >= 11 is 0. The van der Waals surface area contributed by atoms with Crippen molar-refractivity contribution in [1.82, 2.24) is 0 Å². The third-order valence-corrected chi connectivity index (χ3v) is 3.12. The quantitative estimate of drug-likeness (QED) is 0.722. The highest BCUT2D eigenvalue weighted by atomic mass is 16.7. The molecule has 0 saturated carbocycles. The Balaban J connectivity index is 1.96. The SMILES string of the molecule is CO[C@H]1OC(COC(=O)c2ccccc2)[C@@H](O)C(=O)[C@@H]1O. The zero-order valence-corrected chi connectivity index (χ0v) is 11.3. The molecule has 0 spiro atoms. The number of ketones is 1. The summed E-state index contributed by atoms with van der Waals surface area (Å²) in [4.78, 5) is 23.4. The lowest BCUT2D eigenvalue weighted by molar-refractivity contribution is -0.247. The van der Waals surface area contributed by atoms with Crippen LogP contribution in [-0.4, -0.2) is 60.3 Å². The molecule has 1 heterocycles. The monoisotopic (exact) mass is 296 g/mol. The molecule has 0 aromatic heterocycles. The highest BCUT2D eigenvalue weighted by molar-refractivity contribution is 5.90. The molecule has 21 heavy (non-hydrogen) atoms. The summed E-state index contributed by atoms with van der Waals surface area (Å²) in [6.07, 6.45) is -5.42. The highest BCUT2D eigenvalue weighted by Crippen LogP contribution is 2.19. The number of methoxy groups -OCH3 is 1. The molecule has 1 aliphatic rings. The van der Waals surface area contributed by atoms with Gasteiger partial charge in [0, 0.05) is 7.11 Å². The third-order valence-electron chi connectivity index (χ3n) is 3.12. The van der Waals surface area contributed by atoms with E-state index in [4.69, 9.17) is 14.2 Å². The lowest BCUT2D eigenvalue weighted by atomic mass is 10.0. The molecule has 0 radical (unpaired) electrons. The molecule has 0 bridgehead atoms. The number of ether oxygens (including phenoxy) is 3. The molecule has 1 aromatic carbocycles. The summed E-state index contributed by atoms with van der Waals surface area (Å²) in [5.74, 6) is -1.42. The average molecular weight is 296 g/mol.